The zero-order valence-corrected chi connectivity index (χ0v) is 8.29. The van der Waals surface area contributed by atoms with Crippen molar-refractivity contribution < 1.29 is 24.4 Å². The Morgan fingerprint density at radius 3 is 2.57 bits per heavy atom. The van der Waals surface area contributed by atoms with Gasteiger partial charge in [0.2, 0.25) is 0 Å². The Morgan fingerprint density at radius 2 is 1.93 bits per heavy atom. The molecule has 0 aromatic heterocycles. The molecule has 5 nitrogen and oxygen atoms in total. The van der Waals surface area contributed by atoms with Gasteiger partial charge in [-0.05, 0) is 0 Å². The van der Waals surface area contributed by atoms with Gasteiger partial charge in [-0.25, -0.2) is 0 Å². The van der Waals surface area contributed by atoms with Crippen molar-refractivity contribution in [3.8, 4) is 0 Å². The van der Waals surface area contributed by atoms with E-state index in [-0.39, 0.29) is 18.8 Å². The van der Waals surface area contributed by atoms with Crippen LogP contribution in [-0.2, 0) is 14.2 Å². The molecule has 5 unspecified atom stereocenters. The van der Waals surface area contributed by atoms with Crippen LogP contribution >= 0.6 is 0 Å². The molecule has 0 aromatic rings. The number of fused-ring (bicyclic) bond motifs is 1. The van der Waals surface area contributed by atoms with E-state index in [0.717, 1.165) is 0 Å². The van der Waals surface area contributed by atoms with Gasteiger partial charge in [0.15, 0.2) is 12.6 Å². The first-order valence-corrected chi connectivity index (χ1v) is 4.88. The molecule has 2 N–H and O–H groups in total. The van der Waals surface area contributed by atoms with Crippen molar-refractivity contribution in [3.05, 3.63) is 0 Å². The molecule has 2 aliphatic heterocycles. The highest BCUT2D eigenvalue weighted by molar-refractivity contribution is 4.87. The number of aliphatic hydroxyl groups is 2. The SMILES string of the molecule is CC(C)C1OC2OCC(O)C(O)C2O1. The molecule has 0 amide bonds. The van der Waals surface area contributed by atoms with Crippen molar-refractivity contribution in [3.63, 3.8) is 0 Å². The fourth-order valence-corrected chi connectivity index (χ4v) is 1.66. The highest BCUT2D eigenvalue weighted by Crippen LogP contribution is 2.30. The quantitative estimate of drug-likeness (QED) is 0.600. The Hall–Kier alpha value is -0.200. The molecule has 0 radical (unpaired) electrons. The van der Waals surface area contributed by atoms with E-state index in [9.17, 15) is 10.2 Å². The molecule has 2 aliphatic rings. The van der Waals surface area contributed by atoms with Crippen LogP contribution in [0.4, 0.5) is 0 Å². The van der Waals surface area contributed by atoms with Gasteiger partial charge in [-0.15, -0.1) is 0 Å². The lowest BCUT2D eigenvalue weighted by Crippen LogP contribution is -2.51. The summed E-state index contributed by atoms with van der Waals surface area (Å²) >= 11 is 0. The fraction of sp³-hybridized carbons (Fsp3) is 1.00. The molecule has 0 spiro atoms. The van der Waals surface area contributed by atoms with E-state index in [1.165, 1.54) is 0 Å². The topological polar surface area (TPSA) is 68.2 Å². The monoisotopic (exact) mass is 204 g/mol. The maximum absolute atomic E-state index is 9.61. The Morgan fingerprint density at radius 1 is 1.21 bits per heavy atom. The van der Waals surface area contributed by atoms with Crippen molar-refractivity contribution in [1.82, 2.24) is 0 Å². The first kappa shape index (κ1) is 10.3. The molecule has 2 rings (SSSR count). The minimum Gasteiger partial charge on any atom is -0.388 e. The van der Waals surface area contributed by atoms with Crippen LogP contribution < -0.4 is 0 Å². The fourth-order valence-electron chi connectivity index (χ4n) is 1.66. The minimum absolute atomic E-state index is 0.0938. The van der Waals surface area contributed by atoms with E-state index in [1.54, 1.807) is 0 Å². The zero-order valence-electron chi connectivity index (χ0n) is 8.29. The van der Waals surface area contributed by atoms with E-state index in [2.05, 4.69) is 0 Å². The normalized spacial score (nSPS) is 48.2. The van der Waals surface area contributed by atoms with Crippen LogP contribution in [0.1, 0.15) is 13.8 Å². The zero-order chi connectivity index (χ0) is 10.3. The van der Waals surface area contributed by atoms with Gasteiger partial charge in [0, 0.05) is 5.92 Å². The molecule has 2 fully saturated rings. The summed E-state index contributed by atoms with van der Waals surface area (Å²) in [5, 5.41) is 19.0. The third kappa shape index (κ3) is 1.66. The molecule has 0 aromatic carbocycles. The Bertz CT molecular complexity index is 207. The Balaban J connectivity index is 2.02. The highest BCUT2D eigenvalue weighted by Gasteiger charge is 2.47. The van der Waals surface area contributed by atoms with E-state index in [0.29, 0.717) is 0 Å². The molecule has 5 atom stereocenters. The molecule has 0 aliphatic carbocycles. The molecular weight excluding hydrogens is 188 g/mol. The summed E-state index contributed by atoms with van der Waals surface area (Å²) in [6.07, 6.45) is -3.26. The van der Waals surface area contributed by atoms with Gasteiger partial charge in [-0.3, -0.25) is 0 Å². The van der Waals surface area contributed by atoms with Gasteiger partial charge >= 0.3 is 0 Å². The second kappa shape index (κ2) is 3.75. The summed E-state index contributed by atoms with van der Waals surface area (Å²) in [5.41, 5.74) is 0. The summed E-state index contributed by atoms with van der Waals surface area (Å²) in [5.74, 6) is 0.202. The van der Waals surface area contributed by atoms with Crippen LogP contribution in [0.2, 0.25) is 0 Å². The Kier molecular flexibility index (Phi) is 2.77. The van der Waals surface area contributed by atoms with Gasteiger partial charge in [0.1, 0.15) is 18.3 Å². The maximum atomic E-state index is 9.61. The number of hydrogen-bond acceptors (Lipinski definition) is 5. The molecule has 5 heteroatoms. The third-order valence-electron chi connectivity index (χ3n) is 2.53. The minimum atomic E-state index is -0.919. The molecule has 0 bridgehead atoms. The Labute approximate surface area is 82.6 Å². The highest BCUT2D eigenvalue weighted by atomic mass is 16.8. The van der Waals surface area contributed by atoms with E-state index >= 15 is 0 Å². The molecule has 82 valence electrons. The largest absolute Gasteiger partial charge is 0.388 e. The smallest absolute Gasteiger partial charge is 0.189 e. The predicted molar refractivity (Wildman–Crippen MR) is 46.3 cm³/mol. The standard InChI is InChI=1S/C9H16O5/c1-4(2)8-13-7-6(11)5(10)3-12-9(7)14-8/h4-11H,3H2,1-2H3. The van der Waals surface area contributed by atoms with Gasteiger partial charge in [0.25, 0.3) is 0 Å². The van der Waals surface area contributed by atoms with Gasteiger partial charge in [0.05, 0.1) is 6.61 Å². The summed E-state index contributed by atoms with van der Waals surface area (Å²) in [6, 6.07) is 0. The first-order valence-electron chi connectivity index (χ1n) is 4.88. The molecule has 2 saturated heterocycles. The third-order valence-corrected chi connectivity index (χ3v) is 2.53. The first-order chi connectivity index (χ1) is 6.59. The lowest BCUT2D eigenvalue weighted by atomic mass is 10.1. The molecule has 0 saturated carbocycles. The van der Waals surface area contributed by atoms with Crippen molar-refractivity contribution in [2.75, 3.05) is 6.61 Å². The van der Waals surface area contributed by atoms with Crippen LogP contribution in [-0.4, -0.2) is 47.7 Å². The van der Waals surface area contributed by atoms with Gasteiger partial charge < -0.3 is 24.4 Å². The lowest BCUT2D eigenvalue weighted by Gasteiger charge is -2.31. The molecular formula is C9H16O5. The second-order valence-corrected chi connectivity index (χ2v) is 4.11. The molecule has 14 heavy (non-hydrogen) atoms. The number of ether oxygens (including phenoxy) is 3. The van der Waals surface area contributed by atoms with E-state index < -0.39 is 24.6 Å². The summed E-state index contributed by atoms with van der Waals surface area (Å²) in [7, 11) is 0. The van der Waals surface area contributed by atoms with Crippen LogP contribution in [0.25, 0.3) is 0 Å². The number of rotatable bonds is 1. The van der Waals surface area contributed by atoms with Crippen molar-refractivity contribution in [2.24, 2.45) is 5.92 Å². The number of hydrogen-bond donors (Lipinski definition) is 2. The maximum Gasteiger partial charge on any atom is 0.189 e. The second-order valence-electron chi connectivity index (χ2n) is 4.11. The van der Waals surface area contributed by atoms with E-state index in [1.807, 2.05) is 13.8 Å². The van der Waals surface area contributed by atoms with Crippen LogP contribution in [0.3, 0.4) is 0 Å². The van der Waals surface area contributed by atoms with Crippen LogP contribution in [0.15, 0.2) is 0 Å². The van der Waals surface area contributed by atoms with Crippen molar-refractivity contribution in [1.29, 1.82) is 0 Å². The van der Waals surface area contributed by atoms with Gasteiger partial charge in [-0.2, -0.15) is 0 Å². The summed E-state index contributed by atoms with van der Waals surface area (Å²) in [4.78, 5) is 0. The van der Waals surface area contributed by atoms with Crippen LogP contribution in [0, 0.1) is 5.92 Å². The summed E-state index contributed by atoms with van der Waals surface area (Å²) in [6.45, 7) is 4.02. The predicted octanol–water partition coefficient (Wildman–Crippen LogP) is -0.538. The average Bonchev–Trinajstić information content (AvgIpc) is 2.56. The number of aliphatic hydroxyl groups excluding tert-OH is 2. The van der Waals surface area contributed by atoms with Crippen LogP contribution in [0.5, 0.6) is 0 Å². The van der Waals surface area contributed by atoms with Crippen molar-refractivity contribution in [2.45, 2.75) is 44.7 Å². The van der Waals surface area contributed by atoms with Crippen molar-refractivity contribution >= 4 is 0 Å². The van der Waals surface area contributed by atoms with Gasteiger partial charge in [-0.1, -0.05) is 13.8 Å². The lowest BCUT2D eigenvalue weighted by molar-refractivity contribution is -0.212. The van der Waals surface area contributed by atoms with E-state index in [4.69, 9.17) is 14.2 Å². The average molecular weight is 204 g/mol. The molecule has 2 heterocycles. The summed E-state index contributed by atoms with van der Waals surface area (Å²) < 4.78 is 16.1.